The lowest BCUT2D eigenvalue weighted by molar-refractivity contribution is 1.07. The zero-order valence-corrected chi connectivity index (χ0v) is 34.8. The van der Waals surface area contributed by atoms with Gasteiger partial charge in [-0.1, -0.05) is 206 Å². The monoisotopic (exact) mass is 820 g/mol. The molecule has 5 heteroatoms. The molecule has 3 aromatic heterocycles. The molecule has 0 aliphatic rings. The van der Waals surface area contributed by atoms with Crippen LogP contribution in [-0.2, 0) is 0 Å². The first-order chi connectivity index (χ1) is 31.2. The molecule has 12 aromatic rings. The van der Waals surface area contributed by atoms with E-state index in [9.17, 15) is 0 Å². The van der Waals surface area contributed by atoms with E-state index in [0.717, 1.165) is 55.7 Å². The number of benzene rings is 9. The molecule has 0 fully saturated rings. The molecular weight excluding hydrogens is 785 g/mol. The Labute approximate surface area is 368 Å². The van der Waals surface area contributed by atoms with Gasteiger partial charge in [-0.3, -0.25) is 0 Å². The molecule has 12 rings (SSSR count). The molecule has 9 aromatic carbocycles. The smallest absolute Gasteiger partial charge is 0.164 e. The Balaban J connectivity index is 0.936. The highest BCUT2D eigenvalue weighted by Crippen LogP contribution is 2.44. The molecule has 0 aliphatic heterocycles. The minimum Gasteiger partial charge on any atom is -0.246 e. The van der Waals surface area contributed by atoms with Crippen molar-refractivity contribution < 1.29 is 0 Å². The van der Waals surface area contributed by atoms with Crippen LogP contribution < -0.4 is 0 Å². The summed E-state index contributed by atoms with van der Waals surface area (Å²) in [7, 11) is 0. The molecule has 0 amide bonds. The summed E-state index contributed by atoms with van der Waals surface area (Å²) < 4.78 is 2.54. The number of aromatic nitrogens is 4. The fourth-order valence-corrected chi connectivity index (χ4v) is 9.94. The number of fused-ring (bicyclic) bond motifs is 7. The van der Waals surface area contributed by atoms with Crippen molar-refractivity contribution in [1.82, 2.24) is 19.9 Å². The summed E-state index contributed by atoms with van der Waals surface area (Å²) in [6.45, 7) is 0. The summed E-state index contributed by atoms with van der Waals surface area (Å²) in [6, 6.07) is 76.8. The second kappa shape index (κ2) is 15.4. The van der Waals surface area contributed by atoms with E-state index in [1.807, 2.05) is 23.5 Å². The maximum Gasteiger partial charge on any atom is 0.164 e. The average Bonchev–Trinajstić information content (AvgIpc) is 3.77. The Bertz CT molecular complexity index is 3540. The molecule has 4 nitrogen and oxygen atoms in total. The number of nitrogens with zero attached hydrogens (tertiary/aromatic N) is 4. The molecule has 0 spiro atoms. The molecule has 0 N–H and O–H groups in total. The molecule has 0 saturated carbocycles. The topological polar surface area (TPSA) is 51.6 Å². The van der Waals surface area contributed by atoms with Gasteiger partial charge in [0, 0.05) is 53.2 Å². The van der Waals surface area contributed by atoms with Gasteiger partial charge >= 0.3 is 0 Å². The highest BCUT2D eigenvalue weighted by Gasteiger charge is 2.19. The Hall–Kier alpha value is -8.12. The van der Waals surface area contributed by atoms with Gasteiger partial charge in [-0.05, 0) is 50.9 Å². The van der Waals surface area contributed by atoms with Gasteiger partial charge in [0.25, 0.3) is 0 Å². The van der Waals surface area contributed by atoms with Crippen molar-refractivity contribution in [2.45, 2.75) is 0 Å². The third kappa shape index (κ3) is 6.72. The minimum atomic E-state index is 0.619. The van der Waals surface area contributed by atoms with E-state index in [-0.39, 0.29) is 0 Å². The van der Waals surface area contributed by atoms with Gasteiger partial charge in [0.05, 0.1) is 11.2 Å². The second-order valence-corrected chi connectivity index (χ2v) is 16.8. The summed E-state index contributed by atoms with van der Waals surface area (Å²) in [5, 5.41) is 5.99. The first kappa shape index (κ1) is 36.7. The molecule has 0 unspecified atom stereocenters. The van der Waals surface area contributed by atoms with E-state index in [4.69, 9.17) is 19.9 Å². The number of rotatable bonds is 7. The van der Waals surface area contributed by atoms with Crippen LogP contribution in [0.1, 0.15) is 0 Å². The zero-order chi connectivity index (χ0) is 41.7. The van der Waals surface area contributed by atoms with Crippen LogP contribution in [0.15, 0.2) is 218 Å². The fraction of sp³-hybridized carbons (Fsp3) is 0. The lowest BCUT2D eigenvalue weighted by atomic mass is 9.97. The standard InChI is InChI=1S/C58H36N4S/c1-3-12-37(13-4-1)39-22-28-43(29-23-39)56-60-57(44-30-24-40(25-31-44)38-14-5-2-6-15-38)62-58(61-56)45-32-26-41(27-33-45)46-17-11-18-47(36-46)53-52-49-20-9-10-21-51(49)63-55(52)50-35-34-42-16-7-8-19-48(42)54(50)59-53/h1-36H. The quantitative estimate of drug-likeness (QED) is 0.150. The fourth-order valence-electron chi connectivity index (χ4n) is 8.71. The van der Waals surface area contributed by atoms with Gasteiger partial charge in [0.15, 0.2) is 17.5 Å². The molecule has 63 heavy (non-hydrogen) atoms. The number of thiophene rings is 1. The number of pyridine rings is 1. The van der Waals surface area contributed by atoms with Crippen LogP contribution in [0.2, 0.25) is 0 Å². The summed E-state index contributed by atoms with van der Waals surface area (Å²) >= 11 is 1.85. The van der Waals surface area contributed by atoms with Gasteiger partial charge < -0.3 is 0 Å². The van der Waals surface area contributed by atoms with Gasteiger partial charge in [-0.2, -0.15) is 0 Å². The lowest BCUT2D eigenvalue weighted by Crippen LogP contribution is -2.00. The van der Waals surface area contributed by atoms with Gasteiger partial charge in [-0.15, -0.1) is 11.3 Å². The molecular formula is C58H36N4S. The summed E-state index contributed by atoms with van der Waals surface area (Å²) in [6.07, 6.45) is 0. The van der Waals surface area contributed by atoms with E-state index in [2.05, 4.69) is 206 Å². The summed E-state index contributed by atoms with van der Waals surface area (Å²) in [4.78, 5) is 20.7. The van der Waals surface area contributed by atoms with Crippen molar-refractivity contribution in [3.63, 3.8) is 0 Å². The summed E-state index contributed by atoms with van der Waals surface area (Å²) in [5.41, 5.74) is 12.7. The first-order valence-corrected chi connectivity index (χ1v) is 21.9. The molecule has 0 aliphatic carbocycles. The van der Waals surface area contributed by atoms with Crippen LogP contribution >= 0.6 is 11.3 Å². The normalized spacial score (nSPS) is 11.5. The van der Waals surface area contributed by atoms with Crippen molar-refractivity contribution in [2.24, 2.45) is 0 Å². The van der Waals surface area contributed by atoms with Gasteiger partial charge in [0.1, 0.15) is 0 Å². The number of hydrogen-bond acceptors (Lipinski definition) is 5. The SMILES string of the molecule is c1ccc(-c2ccc(-c3nc(-c4ccc(-c5ccccc5)cc4)nc(-c4ccc(-c5cccc(-c6nc7c8ccccc8ccc7c7sc8ccccc8c67)c5)cc4)n3)cc2)cc1. The largest absolute Gasteiger partial charge is 0.246 e. The van der Waals surface area contributed by atoms with Crippen molar-refractivity contribution in [3.05, 3.63) is 218 Å². The van der Waals surface area contributed by atoms with Gasteiger partial charge in [0.2, 0.25) is 0 Å². The Morgan fingerprint density at radius 3 is 1.32 bits per heavy atom. The Morgan fingerprint density at radius 1 is 0.286 bits per heavy atom. The average molecular weight is 821 g/mol. The molecule has 0 saturated heterocycles. The zero-order valence-electron chi connectivity index (χ0n) is 34.0. The van der Waals surface area contributed by atoms with Crippen LogP contribution in [-0.4, -0.2) is 19.9 Å². The molecule has 0 bridgehead atoms. The van der Waals surface area contributed by atoms with E-state index < -0.39 is 0 Å². The molecule has 3 heterocycles. The second-order valence-electron chi connectivity index (χ2n) is 15.8. The third-order valence-corrected chi connectivity index (χ3v) is 13.2. The molecule has 294 valence electrons. The van der Waals surface area contributed by atoms with Gasteiger partial charge in [-0.25, -0.2) is 19.9 Å². The Morgan fingerprint density at radius 2 is 0.730 bits per heavy atom. The van der Waals surface area contributed by atoms with Crippen molar-refractivity contribution in [2.75, 3.05) is 0 Å². The third-order valence-electron chi connectivity index (χ3n) is 11.9. The summed E-state index contributed by atoms with van der Waals surface area (Å²) in [5.74, 6) is 1.87. The molecule has 0 radical (unpaired) electrons. The van der Waals surface area contributed by atoms with Crippen molar-refractivity contribution >= 4 is 53.2 Å². The highest BCUT2D eigenvalue weighted by atomic mass is 32.1. The van der Waals surface area contributed by atoms with E-state index >= 15 is 0 Å². The van der Waals surface area contributed by atoms with Crippen LogP contribution in [0.25, 0.3) is 121 Å². The van der Waals surface area contributed by atoms with E-state index in [1.54, 1.807) is 0 Å². The van der Waals surface area contributed by atoms with E-state index in [0.29, 0.717) is 17.5 Å². The highest BCUT2D eigenvalue weighted by molar-refractivity contribution is 7.26. The lowest BCUT2D eigenvalue weighted by Gasteiger charge is -2.12. The van der Waals surface area contributed by atoms with Crippen molar-refractivity contribution in [3.8, 4) is 78.8 Å². The minimum absolute atomic E-state index is 0.619. The first-order valence-electron chi connectivity index (χ1n) is 21.1. The predicted octanol–water partition coefficient (Wildman–Crippen LogP) is 15.6. The van der Waals surface area contributed by atoms with Crippen molar-refractivity contribution in [1.29, 1.82) is 0 Å². The Kier molecular flexibility index (Phi) is 8.98. The maximum absolute atomic E-state index is 5.50. The maximum atomic E-state index is 5.50. The van der Waals surface area contributed by atoms with Crippen LogP contribution in [0, 0.1) is 0 Å². The van der Waals surface area contributed by atoms with Crippen LogP contribution in [0.4, 0.5) is 0 Å². The van der Waals surface area contributed by atoms with E-state index in [1.165, 1.54) is 47.5 Å². The molecule has 0 atom stereocenters. The number of hydrogen-bond donors (Lipinski definition) is 0. The van der Waals surface area contributed by atoms with Crippen LogP contribution in [0.3, 0.4) is 0 Å². The van der Waals surface area contributed by atoms with Crippen LogP contribution in [0.5, 0.6) is 0 Å². The predicted molar refractivity (Wildman–Crippen MR) is 264 cm³/mol.